The van der Waals surface area contributed by atoms with Gasteiger partial charge in [0, 0.05) is 6.42 Å². The molecule has 0 fully saturated rings. The summed E-state index contributed by atoms with van der Waals surface area (Å²) in [4.78, 5) is 0. The number of hydrogen-bond donors (Lipinski definition) is 1. The molecule has 118 valence electrons. The average molecular weight is 304 g/mol. The highest BCUT2D eigenvalue weighted by atomic mass is 16.3. The highest BCUT2D eigenvalue weighted by Crippen LogP contribution is 2.24. The lowest BCUT2D eigenvalue weighted by atomic mass is 9.92. The maximum atomic E-state index is 10.5. The maximum Gasteiger partial charge on any atom is 0.0903 e. The second kappa shape index (κ2) is 8.98. The number of aryl methyl sites for hydroxylation is 1. The van der Waals surface area contributed by atoms with E-state index in [2.05, 4.69) is 36.1 Å². The van der Waals surface area contributed by atoms with E-state index in [1.165, 1.54) is 5.56 Å². The van der Waals surface area contributed by atoms with Crippen molar-refractivity contribution in [1.82, 2.24) is 0 Å². The lowest BCUT2D eigenvalue weighted by Crippen LogP contribution is -2.19. The first-order valence-electron chi connectivity index (χ1n) is 8.14. The summed E-state index contributed by atoms with van der Waals surface area (Å²) in [5.41, 5.74) is 1.46. The predicted molar refractivity (Wildman–Crippen MR) is 96.9 cm³/mol. The highest BCUT2D eigenvalue weighted by Gasteiger charge is 2.20. The minimum atomic E-state index is -0.841. The molecule has 1 atom stereocenters. The summed E-state index contributed by atoms with van der Waals surface area (Å²) >= 11 is 0. The van der Waals surface area contributed by atoms with E-state index < -0.39 is 5.60 Å². The topological polar surface area (TPSA) is 20.2 Å². The Balaban J connectivity index is 1.71. The molecule has 0 saturated carbocycles. The third kappa shape index (κ3) is 6.14. The third-order valence-corrected chi connectivity index (χ3v) is 3.82. The Morgan fingerprint density at radius 3 is 2.35 bits per heavy atom. The van der Waals surface area contributed by atoms with Crippen LogP contribution in [-0.4, -0.2) is 5.11 Å². The van der Waals surface area contributed by atoms with Gasteiger partial charge in [-0.25, -0.2) is 0 Å². The number of unbranched alkanes of at least 4 members (excludes halogenated alkanes) is 1. The molecule has 0 aromatic heterocycles. The van der Waals surface area contributed by atoms with Gasteiger partial charge in [0.25, 0.3) is 0 Å². The molecule has 0 saturated heterocycles. The number of hydrogen-bond acceptors (Lipinski definition) is 1. The molecule has 1 nitrogen and oxygen atoms in total. The summed E-state index contributed by atoms with van der Waals surface area (Å²) < 4.78 is 0. The first-order valence-corrected chi connectivity index (χ1v) is 8.14. The van der Waals surface area contributed by atoms with Crippen LogP contribution in [0.15, 0.2) is 72.8 Å². The van der Waals surface area contributed by atoms with Crippen molar-refractivity contribution in [2.24, 2.45) is 0 Å². The normalized spacial score (nSPS) is 13.3. The van der Waals surface area contributed by atoms with Crippen molar-refractivity contribution in [3.05, 3.63) is 83.9 Å². The molecule has 0 spiro atoms. The van der Waals surface area contributed by atoms with Crippen LogP contribution in [0.25, 0.3) is 0 Å². The Kier molecular flexibility index (Phi) is 6.66. The maximum absolute atomic E-state index is 10.5. The van der Waals surface area contributed by atoms with Gasteiger partial charge < -0.3 is 5.11 Å². The first kappa shape index (κ1) is 17.1. The van der Waals surface area contributed by atoms with Gasteiger partial charge in [-0.3, -0.25) is 0 Å². The van der Waals surface area contributed by atoms with Crippen LogP contribution >= 0.6 is 0 Å². The molecule has 0 radical (unpaired) electrons. The Hall–Kier alpha value is -2.30. The van der Waals surface area contributed by atoms with Crippen LogP contribution in [0, 0.1) is 11.8 Å². The van der Waals surface area contributed by atoms with E-state index in [1.54, 1.807) is 0 Å². The van der Waals surface area contributed by atoms with Gasteiger partial charge in [-0.15, -0.1) is 0 Å². The average Bonchev–Trinajstić information content (AvgIpc) is 2.59. The van der Waals surface area contributed by atoms with Crippen molar-refractivity contribution in [1.29, 1.82) is 0 Å². The van der Waals surface area contributed by atoms with Crippen LogP contribution < -0.4 is 0 Å². The van der Waals surface area contributed by atoms with Gasteiger partial charge in [0.05, 0.1) is 5.60 Å². The Labute approximate surface area is 139 Å². The van der Waals surface area contributed by atoms with E-state index in [-0.39, 0.29) is 0 Å². The van der Waals surface area contributed by atoms with E-state index in [0.29, 0.717) is 6.42 Å². The van der Waals surface area contributed by atoms with Gasteiger partial charge in [-0.2, -0.15) is 0 Å². The molecular weight excluding hydrogens is 280 g/mol. The standard InChI is InChI=1S/C22H24O/c1-22(23,21-17-11-7-12-18-21)19-13-5-3-2-4-8-14-20-15-9-6-10-16-20/h5-7,9-13,15-18,23H,4,8,14,19H2,1H3/b13-5+/t22-/m1/s1. The van der Waals surface area contributed by atoms with Crippen molar-refractivity contribution >= 4 is 0 Å². The van der Waals surface area contributed by atoms with E-state index in [1.807, 2.05) is 55.5 Å². The molecular formula is C22H24O. The summed E-state index contributed by atoms with van der Waals surface area (Å²) in [5, 5.41) is 10.5. The fourth-order valence-electron chi connectivity index (χ4n) is 2.42. The largest absolute Gasteiger partial charge is 0.385 e. The highest BCUT2D eigenvalue weighted by molar-refractivity contribution is 5.23. The Morgan fingerprint density at radius 2 is 1.65 bits per heavy atom. The van der Waals surface area contributed by atoms with Gasteiger partial charge in [0.1, 0.15) is 0 Å². The van der Waals surface area contributed by atoms with Crippen molar-refractivity contribution in [3.8, 4) is 11.8 Å². The van der Waals surface area contributed by atoms with Gasteiger partial charge in [-0.1, -0.05) is 78.6 Å². The molecule has 1 heteroatoms. The molecule has 0 unspecified atom stereocenters. The number of benzene rings is 2. The van der Waals surface area contributed by atoms with Crippen LogP contribution in [0.4, 0.5) is 0 Å². The summed E-state index contributed by atoms with van der Waals surface area (Å²) in [5.74, 6) is 6.22. The Morgan fingerprint density at radius 1 is 1.00 bits per heavy atom. The molecule has 0 aliphatic carbocycles. The van der Waals surface area contributed by atoms with Crippen LogP contribution in [-0.2, 0) is 12.0 Å². The monoisotopic (exact) mass is 304 g/mol. The molecule has 2 aromatic rings. The fraction of sp³-hybridized carbons (Fsp3) is 0.273. The number of allylic oxidation sites excluding steroid dienone is 1. The summed E-state index contributed by atoms with van der Waals surface area (Å²) in [7, 11) is 0. The van der Waals surface area contributed by atoms with E-state index in [0.717, 1.165) is 24.8 Å². The molecule has 1 N–H and O–H groups in total. The van der Waals surface area contributed by atoms with Crippen molar-refractivity contribution in [2.75, 3.05) is 0 Å². The zero-order chi connectivity index (χ0) is 16.4. The predicted octanol–water partition coefficient (Wildman–Crippen LogP) is 4.87. The minimum absolute atomic E-state index is 0.565. The van der Waals surface area contributed by atoms with Crippen molar-refractivity contribution in [3.63, 3.8) is 0 Å². The van der Waals surface area contributed by atoms with Crippen molar-refractivity contribution < 1.29 is 5.11 Å². The summed E-state index contributed by atoms with van der Waals surface area (Å²) in [6, 6.07) is 20.2. The van der Waals surface area contributed by atoms with Gasteiger partial charge >= 0.3 is 0 Å². The van der Waals surface area contributed by atoms with Crippen LogP contribution in [0.1, 0.15) is 37.3 Å². The van der Waals surface area contributed by atoms with E-state index >= 15 is 0 Å². The van der Waals surface area contributed by atoms with Crippen molar-refractivity contribution in [2.45, 2.75) is 38.2 Å². The molecule has 0 aliphatic rings. The number of aliphatic hydroxyl groups is 1. The lowest BCUT2D eigenvalue weighted by Gasteiger charge is -2.21. The summed E-state index contributed by atoms with van der Waals surface area (Å²) in [6.45, 7) is 1.83. The summed E-state index contributed by atoms with van der Waals surface area (Å²) in [6.07, 6.45) is 7.40. The fourth-order valence-corrected chi connectivity index (χ4v) is 2.42. The van der Waals surface area contributed by atoms with Gasteiger partial charge in [0.15, 0.2) is 0 Å². The second-order valence-electron chi connectivity index (χ2n) is 5.91. The molecule has 2 rings (SSSR count). The molecule has 0 amide bonds. The lowest BCUT2D eigenvalue weighted by molar-refractivity contribution is 0.0606. The molecule has 0 bridgehead atoms. The SMILES string of the molecule is C[C@@](O)(C/C=C/C#CCCCc1ccccc1)c1ccccc1. The zero-order valence-electron chi connectivity index (χ0n) is 13.7. The third-order valence-electron chi connectivity index (χ3n) is 3.82. The molecule has 0 heterocycles. The number of rotatable bonds is 6. The molecule has 2 aromatic carbocycles. The quantitative estimate of drug-likeness (QED) is 0.596. The van der Waals surface area contributed by atoms with E-state index in [4.69, 9.17) is 0 Å². The smallest absolute Gasteiger partial charge is 0.0903 e. The van der Waals surface area contributed by atoms with Crippen LogP contribution in [0.5, 0.6) is 0 Å². The second-order valence-corrected chi connectivity index (χ2v) is 5.91. The molecule has 0 aliphatic heterocycles. The van der Waals surface area contributed by atoms with Crippen LogP contribution in [0.2, 0.25) is 0 Å². The van der Waals surface area contributed by atoms with E-state index in [9.17, 15) is 5.11 Å². The zero-order valence-corrected chi connectivity index (χ0v) is 13.7. The molecule has 23 heavy (non-hydrogen) atoms. The van der Waals surface area contributed by atoms with Gasteiger partial charge in [0.2, 0.25) is 0 Å². The minimum Gasteiger partial charge on any atom is -0.385 e. The van der Waals surface area contributed by atoms with Crippen LogP contribution in [0.3, 0.4) is 0 Å². The van der Waals surface area contributed by atoms with Gasteiger partial charge in [-0.05, 0) is 43.4 Å². The first-order chi connectivity index (χ1) is 11.2. The Bertz CT molecular complexity index is 657.